The largest absolute Gasteiger partial charge is 0.325 e. The molecule has 3 aromatic rings. The first-order valence-corrected chi connectivity index (χ1v) is 8.64. The minimum absolute atomic E-state index is 0.101. The maximum absolute atomic E-state index is 11.9. The third kappa shape index (κ3) is 4.57. The number of carbonyl (C=O) groups excluding carboxylic acids is 1. The number of anilines is 1. The summed E-state index contributed by atoms with van der Waals surface area (Å²) in [6, 6.07) is 20.6. The molecule has 1 N–H and O–H groups in total. The zero-order valence-electron chi connectivity index (χ0n) is 12.6. The Balaban J connectivity index is 1.54. The maximum atomic E-state index is 11.9. The molecule has 0 aliphatic heterocycles. The van der Waals surface area contributed by atoms with Crippen molar-refractivity contribution in [3.63, 3.8) is 0 Å². The average molecular weight is 356 g/mol. The van der Waals surface area contributed by atoms with Gasteiger partial charge in [0.15, 0.2) is 0 Å². The highest BCUT2D eigenvalue weighted by Gasteiger charge is 2.06. The van der Waals surface area contributed by atoms with Gasteiger partial charge < -0.3 is 5.32 Å². The monoisotopic (exact) mass is 355 g/mol. The molecule has 3 rings (SSSR count). The van der Waals surface area contributed by atoms with Gasteiger partial charge in [-0.3, -0.25) is 4.79 Å². The summed E-state index contributed by atoms with van der Waals surface area (Å²) < 4.78 is 0. The number of amides is 1. The lowest BCUT2D eigenvalue weighted by Crippen LogP contribution is -2.14. The predicted octanol–water partition coefficient (Wildman–Crippen LogP) is 4.53. The zero-order valence-corrected chi connectivity index (χ0v) is 14.2. The molecule has 1 heterocycles. The lowest BCUT2D eigenvalue weighted by atomic mass is 10.1. The van der Waals surface area contributed by atoms with Gasteiger partial charge in [-0.2, -0.15) is 0 Å². The highest BCUT2D eigenvalue weighted by molar-refractivity contribution is 7.99. The van der Waals surface area contributed by atoms with Crippen LogP contribution < -0.4 is 5.32 Å². The van der Waals surface area contributed by atoms with Crippen molar-refractivity contribution in [2.24, 2.45) is 0 Å². The molecule has 0 radical (unpaired) electrons. The molecule has 0 unspecified atom stereocenters. The van der Waals surface area contributed by atoms with Crippen LogP contribution in [0.1, 0.15) is 0 Å². The summed E-state index contributed by atoms with van der Waals surface area (Å²) in [4.78, 5) is 11.9. The number of rotatable bonds is 5. The molecule has 0 atom stereocenters. The Bertz CT molecular complexity index is 808. The molecule has 24 heavy (non-hydrogen) atoms. The first kappa shape index (κ1) is 16.5. The molecular formula is C18H14ClN3OS. The van der Waals surface area contributed by atoms with E-state index in [0.717, 1.165) is 16.9 Å². The normalized spacial score (nSPS) is 10.4. The van der Waals surface area contributed by atoms with Gasteiger partial charge in [-0.1, -0.05) is 53.7 Å². The van der Waals surface area contributed by atoms with Crippen LogP contribution in [0.15, 0.2) is 71.8 Å². The predicted molar refractivity (Wildman–Crippen MR) is 98.3 cm³/mol. The molecule has 0 saturated carbocycles. The molecule has 0 spiro atoms. The van der Waals surface area contributed by atoms with E-state index in [1.165, 1.54) is 11.8 Å². The van der Waals surface area contributed by atoms with E-state index < -0.39 is 0 Å². The van der Waals surface area contributed by atoms with Crippen molar-refractivity contribution in [3.05, 3.63) is 71.8 Å². The van der Waals surface area contributed by atoms with Crippen molar-refractivity contribution >= 4 is 35.0 Å². The van der Waals surface area contributed by atoms with Crippen LogP contribution in [0.2, 0.25) is 5.02 Å². The van der Waals surface area contributed by atoms with Crippen LogP contribution in [0.5, 0.6) is 0 Å². The molecule has 4 nitrogen and oxygen atoms in total. The summed E-state index contributed by atoms with van der Waals surface area (Å²) in [6.45, 7) is 0. The lowest BCUT2D eigenvalue weighted by Gasteiger charge is -2.05. The van der Waals surface area contributed by atoms with Crippen molar-refractivity contribution < 1.29 is 4.79 Å². The van der Waals surface area contributed by atoms with Crippen LogP contribution in [-0.4, -0.2) is 21.9 Å². The van der Waals surface area contributed by atoms with E-state index in [4.69, 9.17) is 11.6 Å². The van der Waals surface area contributed by atoms with Crippen LogP contribution in [0, 0.1) is 0 Å². The fourth-order valence-corrected chi connectivity index (χ4v) is 2.77. The van der Waals surface area contributed by atoms with E-state index in [0.29, 0.717) is 10.0 Å². The highest BCUT2D eigenvalue weighted by Crippen LogP contribution is 2.20. The van der Waals surface area contributed by atoms with E-state index in [1.54, 1.807) is 24.3 Å². The molecule has 1 amide bonds. The van der Waals surface area contributed by atoms with Crippen LogP contribution in [0.4, 0.5) is 5.69 Å². The second-order valence-corrected chi connectivity index (χ2v) is 6.40. The summed E-state index contributed by atoms with van der Waals surface area (Å²) >= 11 is 7.16. The van der Waals surface area contributed by atoms with Crippen molar-refractivity contribution in [1.82, 2.24) is 10.2 Å². The molecule has 2 aromatic carbocycles. The number of benzene rings is 2. The number of thioether (sulfide) groups is 1. The van der Waals surface area contributed by atoms with Gasteiger partial charge in [0.1, 0.15) is 5.03 Å². The molecule has 0 aliphatic rings. The van der Waals surface area contributed by atoms with Crippen LogP contribution in [0.25, 0.3) is 11.3 Å². The minimum Gasteiger partial charge on any atom is -0.325 e. The fraction of sp³-hybridized carbons (Fsp3) is 0.0556. The first-order chi connectivity index (χ1) is 11.7. The number of nitrogens with zero attached hydrogens (tertiary/aromatic N) is 2. The lowest BCUT2D eigenvalue weighted by molar-refractivity contribution is -0.113. The van der Waals surface area contributed by atoms with Gasteiger partial charge in [-0.25, -0.2) is 0 Å². The second kappa shape index (κ2) is 7.95. The van der Waals surface area contributed by atoms with E-state index in [1.807, 2.05) is 42.5 Å². The van der Waals surface area contributed by atoms with E-state index in [9.17, 15) is 4.79 Å². The third-order valence-corrected chi connectivity index (χ3v) is 4.36. The van der Waals surface area contributed by atoms with Crippen molar-refractivity contribution in [1.29, 1.82) is 0 Å². The van der Waals surface area contributed by atoms with E-state index >= 15 is 0 Å². The average Bonchev–Trinajstić information content (AvgIpc) is 2.63. The van der Waals surface area contributed by atoms with Crippen molar-refractivity contribution in [3.8, 4) is 11.3 Å². The van der Waals surface area contributed by atoms with E-state index in [-0.39, 0.29) is 11.7 Å². The highest BCUT2D eigenvalue weighted by atomic mass is 35.5. The quantitative estimate of drug-likeness (QED) is 0.683. The SMILES string of the molecule is O=C(CSc1ccc(-c2ccccc2)nn1)Nc1ccc(Cl)cc1. The summed E-state index contributed by atoms with van der Waals surface area (Å²) in [6.07, 6.45) is 0. The first-order valence-electron chi connectivity index (χ1n) is 7.28. The Labute approximate surface area is 149 Å². The smallest absolute Gasteiger partial charge is 0.234 e. The number of hydrogen-bond donors (Lipinski definition) is 1. The van der Waals surface area contributed by atoms with Crippen LogP contribution in [-0.2, 0) is 4.79 Å². The van der Waals surface area contributed by atoms with Gasteiger partial charge in [-0.15, -0.1) is 10.2 Å². The molecular weight excluding hydrogens is 342 g/mol. The summed E-state index contributed by atoms with van der Waals surface area (Å²) in [5.41, 5.74) is 2.54. The molecule has 0 fully saturated rings. The Hall–Kier alpha value is -2.37. The zero-order chi connectivity index (χ0) is 16.8. The number of halogens is 1. The van der Waals surface area contributed by atoms with Gasteiger partial charge in [-0.05, 0) is 36.4 Å². The minimum atomic E-state index is -0.101. The Kier molecular flexibility index (Phi) is 5.46. The van der Waals surface area contributed by atoms with Gasteiger partial charge in [0.2, 0.25) is 5.91 Å². The molecule has 1 aromatic heterocycles. The number of hydrogen-bond acceptors (Lipinski definition) is 4. The maximum Gasteiger partial charge on any atom is 0.234 e. The summed E-state index contributed by atoms with van der Waals surface area (Å²) in [5, 5.41) is 12.5. The molecule has 0 saturated heterocycles. The number of nitrogens with one attached hydrogen (secondary N) is 1. The standard InChI is InChI=1S/C18H14ClN3OS/c19-14-6-8-15(9-7-14)20-17(23)12-24-18-11-10-16(21-22-18)13-4-2-1-3-5-13/h1-11H,12H2,(H,20,23). The van der Waals surface area contributed by atoms with Gasteiger partial charge >= 0.3 is 0 Å². The Morgan fingerprint density at radius 1 is 0.958 bits per heavy atom. The third-order valence-electron chi connectivity index (χ3n) is 3.19. The number of carbonyl (C=O) groups is 1. The van der Waals surface area contributed by atoms with Gasteiger partial charge in [0.25, 0.3) is 0 Å². The topological polar surface area (TPSA) is 54.9 Å². The molecule has 0 bridgehead atoms. The second-order valence-electron chi connectivity index (χ2n) is 4.97. The van der Waals surface area contributed by atoms with Gasteiger partial charge in [0.05, 0.1) is 11.4 Å². The van der Waals surface area contributed by atoms with Crippen LogP contribution >= 0.6 is 23.4 Å². The number of aromatic nitrogens is 2. The Morgan fingerprint density at radius 3 is 2.38 bits per heavy atom. The van der Waals surface area contributed by atoms with Gasteiger partial charge in [0, 0.05) is 16.3 Å². The van der Waals surface area contributed by atoms with E-state index in [2.05, 4.69) is 15.5 Å². The Morgan fingerprint density at radius 2 is 1.71 bits per heavy atom. The molecule has 6 heteroatoms. The summed E-state index contributed by atoms with van der Waals surface area (Å²) in [5.74, 6) is 0.165. The van der Waals surface area contributed by atoms with Crippen molar-refractivity contribution in [2.75, 3.05) is 11.1 Å². The molecule has 0 aliphatic carbocycles. The van der Waals surface area contributed by atoms with Crippen molar-refractivity contribution in [2.45, 2.75) is 5.03 Å². The fourth-order valence-electron chi connectivity index (χ4n) is 2.03. The van der Waals surface area contributed by atoms with Crippen LogP contribution in [0.3, 0.4) is 0 Å². The molecule has 120 valence electrons. The summed E-state index contributed by atoms with van der Waals surface area (Å²) in [7, 11) is 0.